The van der Waals surface area contributed by atoms with Gasteiger partial charge in [0.1, 0.15) is 29.2 Å². The molecule has 1 heterocycles. The van der Waals surface area contributed by atoms with Gasteiger partial charge < -0.3 is 19.2 Å². The van der Waals surface area contributed by atoms with E-state index in [2.05, 4.69) is 5.32 Å². The Balaban J connectivity index is 1.50. The molecule has 0 bridgehead atoms. The summed E-state index contributed by atoms with van der Waals surface area (Å²) < 4.78 is 29.3. The number of amides is 1. The Labute approximate surface area is 153 Å². The third kappa shape index (κ3) is 4.08. The van der Waals surface area contributed by atoms with Gasteiger partial charge in [-0.3, -0.25) is 9.59 Å². The molecule has 1 saturated carbocycles. The van der Waals surface area contributed by atoms with E-state index in [1.165, 1.54) is 30.5 Å². The first-order valence-corrected chi connectivity index (χ1v) is 8.49. The summed E-state index contributed by atoms with van der Waals surface area (Å²) in [5.41, 5.74) is -0.0508. The second-order valence-corrected chi connectivity index (χ2v) is 6.27. The van der Waals surface area contributed by atoms with E-state index in [9.17, 15) is 14.0 Å². The van der Waals surface area contributed by atoms with Gasteiger partial charge >= 0.3 is 0 Å². The quantitative estimate of drug-likeness (QED) is 0.721. The SMILES string of the molecule is O=C(COc1ccc2c(=O)c(Oc3ccc(F)cc3)coc2c1)NC1CC1. The molecule has 0 saturated heterocycles. The minimum Gasteiger partial charge on any atom is -0.484 e. The molecule has 1 amide bonds. The van der Waals surface area contributed by atoms with Crippen molar-refractivity contribution in [3.8, 4) is 17.2 Å². The predicted molar refractivity (Wildman–Crippen MR) is 95.6 cm³/mol. The fourth-order valence-corrected chi connectivity index (χ4v) is 2.53. The Morgan fingerprint density at radius 3 is 2.63 bits per heavy atom. The highest BCUT2D eigenvalue weighted by atomic mass is 19.1. The lowest BCUT2D eigenvalue weighted by Gasteiger charge is -2.08. The van der Waals surface area contributed by atoms with E-state index >= 15 is 0 Å². The van der Waals surface area contributed by atoms with Crippen molar-refractivity contribution >= 4 is 16.9 Å². The van der Waals surface area contributed by atoms with Crippen LogP contribution in [0.2, 0.25) is 0 Å². The van der Waals surface area contributed by atoms with Crippen molar-refractivity contribution in [1.82, 2.24) is 5.32 Å². The zero-order chi connectivity index (χ0) is 18.8. The second-order valence-electron chi connectivity index (χ2n) is 6.27. The molecule has 1 fully saturated rings. The molecular formula is C20H16FNO5. The van der Waals surface area contributed by atoms with Gasteiger partial charge in [0.15, 0.2) is 6.61 Å². The van der Waals surface area contributed by atoms with Crippen LogP contribution in [0, 0.1) is 5.82 Å². The first kappa shape index (κ1) is 17.1. The van der Waals surface area contributed by atoms with Crippen molar-refractivity contribution < 1.29 is 23.1 Å². The maximum Gasteiger partial charge on any atom is 0.258 e. The molecule has 0 radical (unpaired) electrons. The van der Waals surface area contributed by atoms with Gasteiger partial charge in [-0.25, -0.2) is 4.39 Å². The minimum absolute atomic E-state index is 0.00779. The highest BCUT2D eigenvalue weighted by Gasteiger charge is 2.23. The predicted octanol–water partition coefficient (Wildman–Crippen LogP) is 3.38. The van der Waals surface area contributed by atoms with Crippen molar-refractivity contribution in [3.05, 3.63) is 64.8 Å². The summed E-state index contributed by atoms with van der Waals surface area (Å²) in [7, 11) is 0. The summed E-state index contributed by atoms with van der Waals surface area (Å²) in [6, 6.07) is 10.3. The van der Waals surface area contributed by atoms with Crippen LogP contribution in [0.3, 0.4) is 0 Å². The van der Waals surface area contributed by atoms with Crippen molar-refractivity contribution in [2.45, 2.75) is 18.9 Å². The highest BCUT2D eigenvalue weighted by molar-refractivity contribution is 5.80. The third-order valence-corrected chi connectivity index (χ3v) is 4.07. The Morgan fingerprint density at radius 2 is 1.89 bits per heavy atom. The number of fused-ring (bicyclic) bond motifs is 1. The Morgan fingerprint density at radius 1 is 1.15 bits per heavy atom. The smallest absolute Gasteiger partial charge is 0.258 e. The van der Waals surface area contributed by atoms with E-state index in [1.54, 1.807) is 18.2 Å². The van der Waals surface area contributed by atoms with Crippen molar-refractivity contribution in [3.63, 3.8) is 0 Å². The minimum atomic E-state index is -0.397. The summed E-state index contributed by atoms with van der Waals surface area (Å²) >= 11 is 0. The molecule has 1 aromatic heterocycles. The van der Waals surface area contributed by atoms with Gasteiger partial charge in [0, 0.05) is 12.1 Å². The molecule has 6 nitrogen and oxygen atoms in total. The van der Waals surface area contributed by atoms with Crippen molar-refractivity contribution in [2.24, 2.45) is 0 Å². The molecule has 138 valence electrons. The maximum atomic E-state index is 13.0. The van der Waals surface area contributed by atoms with E-state index < -0.39 is 5.82 Å². The highest BCUT2D eigenvalue weighted by Crippen LogP contribution is 2.24. The number of benzene rings is 2. The zero-order valence-electron chi connectivity index (χ0n) is 14.2. The lowest BCUT2D eigenvalue weighted by molar-refractivity contribution is -0.123. The standard InChI is InChI=1S/C20H16FNO5/c21-12-1-5-14(6-2-12)27-18-10-26-17-9-15(7-8-16(17)20(18)24)25-11-19(23)22-13-3-4-13/h1-2,5-10,13H,3-4,11H2,(H,22,23). The molecule has 1 aliphatic carbocycles. The number of carbonyl (C=O) groups is 1. The molecule has 1 N–H and O–H groups in total. The Hall–Kier alpha value is -3.35. The van der Waals surface area contributed by atoms with Crippen LogP contribution in [0.1, 0.15) is 12.8 Å². The lowest BCUT2D eigenvalue weighted by Crippen LogP contribution is -2.30. The van der Waals surface area contributed by atoms with Gasteiger partial charge in [-0.1, -0.05) is 0 Å². The van der Waals surface area contributed by atoms with Gasteiger partial charge in [0.25, 0.3) is 5.91 Å². The van der Waals surface area contributed by atoms with Crippen LogP contribution in [0.4, 0.5) is 4.39 Å². The molecule has 0 aliphatic heterocycles. The van der Waals surface area contributed by atoms with E-state index in [1.807, 2.05) is 0 Å². The molecule has 0 atom stereocenters. The van der Waals surface area contributed by atoms with Gasteiger partial charge in [0.2, 0.25) is 11.2 Å². The molecule has 7 heteroatoms. The maximum absolute atomic E-state index is 13.0. The topological polar surface area (TPSA) is 77.8 Å². The van der Waals surface area contributed by atoms with Crippen molar-refractivity contribution in [2.75, 3.05) is 6.61 Å². The van der Waals surface area contributed by atoms with Crippen molar-refractivity contribution in [1.29, 1.82) is 0 Å². The van der Waals surface area contributed by atoms with Crippen LogP contribution >= 0.6 is 0 Å². The number of halogens is 1. The van der Waals surface area contributed by atoms with Gasteiger partial charge in [-0.05, 0) is 49.2 Å². The van der Waals surface area contributed by atoms with Crippen LogP contribution in [-0.2, 0) is 4.79 Å². The fourth-order valence-electron chi connectivity index (χ4n) is 2.53. The molecule has 0 unspecified atom stereocenters. The summed E-state index contributed by atoms with van der Waals surface area (Å²) in [6.07, 6.45) is 3.21. The van der Waals surface area contributed by atoms with Gasteiger partial charge in [-0.15, -0.1) is 0 Å². The lowest BCUT2D eigenvalue weighted by atomic mass is 10.2. The number of ether oxygens (including phenoxy) is 2. The summed E-state index contributed by atoms with van der Waals surface area (Å²) in [4.78, 5) is 24.2. The van der Waals surface area contributed by atoms with Crippen LogP contribution in [0.5, 0.6) is 17.2 Å². The molecular weight excluding hydrogens is 353 g/mol. The molecule has 2 aromatic carbocycles. The van der Waals surface area contributed by atoms with E-state index in [0.717, 1.165) is 12.8 Å². The number of rotatable bonds is 6. The van der Waals surface area contributed by atoms with E-state index in [-0.39, 0.29) is 29.7 Å². The first-order valence-electron chi connectivity index (χ1n) is 8.49. The zero-order valence-corrected chi connectivity index (χ0v) is 14.2. The largest absolute Gasteiger partial charge is 0.484 e. The number of hydrogen-bond acceptors (Lipinski definition) is 5. The summed E-state index contributed by atoms with van der Waals surface area (Å²) in [6.45, 7) is -0.0992. The van der Waals surface area contributed by atoms with Crippen LogP contribution in [0.25, 0.3) is 11.0 Å². The monoisotopic (exact) mass is 369 g/mol. The summed E-state index contributed by atoms with van der Waals surface area (Å²) in [5, 5.41) is 3.14. The Bertz CT molecular complexity index is 1040. The third-order valence-electron chi connectivity index (χ3n) is 4.07. The normalized spacial score (nSPS) is 13.4. The van der Waals surface area contributed by atoms with Crippen LogP contribution in [0.15, 0.2) is 57.9 Å². The van der Waals surface area contributed by atoms with Gasteiger partial charge in [-0.2, -0.15) is 0 Å². The number of carbonyl (C=O) groups excluding carboxylic acids is 1. The molecule has 0 spiro atoms. The Kier molecular flexibility index (Phi) is 4.50. The molecule has 27 heavy (non-hydrogen) atoms. The van der Waals surface area contributed by atoms with E-state index in [0.29, 0.717) is 22.5 Å². The van der Waals surface area contributed by atoms with E-state index in [4.69, 9.17) is 13.9 Å². The first-order chi connectivity index (χ1) is 13.1. The average molecular weight is 369 g/mol. The molecule has 1 aliphatic rings. The molecule has 3 aromatic rings. The second kappa shape index (κ2) is 7.11. The van der Waals surface area contributed by atoms with Crippen LogP contribution in [-0.4, -0.2) is 18.6 Å². The van der Waals surface area contributed by atoms with Gasteiger partial charge in [0.05, 0.1) is 5.39 Å². The molecule has 4 rings (SSSR count). The fraction of sp³-hybridized carbons (Fsp3) is 0.200. The number of hydrogen-bond donors (Lipinski definition) is 1. The van der Waals surface area contributed by atoms with Crippen LogP contribution < -0.4 is 20.2 Å². The summed E-state index contributed by atoms with van der Waals surface area (Å²) in [5.74, 6) is 0.161. The number of nitrogens with one attached hydrogen (secondary N) is 1. The average Bonchev–Trinajstić information content (AvgIpc) is 3.48.